The van der Waals surface area contributed by atoms with E-state index >= 15 is 0 Å². The first-order valence-corrected chi connectivity index (χ1v) is 10.8. The SMILES string of the molecule is CCOCC1(COC(C)(C)CCOC(C)(C)C(C)c2ccccc2)COCOC1. The zero-order valence-corrected chi connectivity index (χ0v) is 19.2. The Morgan fingerprint density at radius 2 is 1.66 bits per heavy atom. The summed E-state index contributed by atoms with van der Waals surface area (Å²) in [4.78, 5) is 0. The van der Waals surface area contributed by atoms with Gasteiger partial charge in [-0.3, -0.25) is 0 Å². The predicted octanol–water partition coefficient (Wildman–Crippen LogP) is 4.80. The molecule has 0 aromatic heterocycles. The summed E-state index contributed by atoms with van der Waals surface area (Å²) in [7, 11) is 0. The molecule has 2 rings (SSSR count). The van der Waals surface area contributed by atoms with Gasteiger partial charge in [0, 0.05) is 12.5 Å². The highest BCUT2D eigenvalue weighted by Gasteiger charge is 2.37. The Labute approximate surface area is 177 Å². The second-order valence-electron chi connectivity index (χ2n) is 9.33. The van der Waals surface area contributed by atoms with Crippen molar-refractivity contribution in [1.82, 2.24) is 0 Å². The molecule has 1 fully saturated rings. The minimum absolute atomic E-state index is 0.243. The molecule has 5 nitrogen and oxygen atoms in total. The lowest BCUT2D eigenvalue weighted by Gasteiger charge is -2.39. The van der Waals surface area contributed by atoms with Crippen molar-refractivity contribution in [2.45, 2.75) is 65.1 Å². The zero-order chi connectivity index (χ0) is 21.4. The van der Waals surface area contributed by atoms with Gasteiger partial charge in [-0.25, -0.2) is 0 Å². The molecule has 0 bridgehead atoms. The third-order valence-electron chi connectivity index (χ3n) is 5.89. The van der Waals surface area contributed by atoms with Gasteiger partial charge < -0.3 is 23.7 Å². The van der Waals surface area contributed by atoms with E-state index < -0.39 is 0 Å². The molecule has 0 saturated carbocycles. The molecule has 0 N–H and O–H groups in total. The first-order valence-electron chi connectivity index (χ1n) is 10.8. The summed E-state index contributed by atoms with van der Waals surface area (Å²) in [5, 5.41) is 0. The Morgan fingerprint density at radius 1 is 1.00 bits per heavy atom. The largest absolute Gasteiger partial charge is 0.381 e. The van der Waals surface area contributed by atoms with Gasteiger partial charge in [0.2, 0.25) is 0 Å². The molecule has 1 aromatic carbocycles. The van der Waals surface area contributed by atoms with E-state index in [4.69, 9.17) is 23.7 Å². The third kappa shape index (κ3) is 7.65. The maximum absolute atomic E-state index is 6.31. The Bertz CT molecular complexity index is 578. The molecule has 166 valence electrons. The van der Waals surface area contributed by atoms with Gasteiger partial charge in [0.25, 0.3) is 0 Å². The van der Waals surface area contributed by atoms with Crippen molar-refractivity contribution in [3.63, 3.8) is 0 Å². The van der Waals surface area contributed by atoms with Gasteiger partial charge in [-0.05, 0) is 46.6 Å². The Balaban J connectivity index is 1.83. The van der Waals surface area contributed by atoms with Gasteiger partial charge in [-0.15, -0.1) is 0 Å². The highest BCUT2D eigenvalue weighted by Crippen LogP contribution is 2.32. The molecule has 0 spiro atoms. The van der Waals surface area contributed by atoms with Crippen LogP contribution in [-0.4, -0.2) is 57.6 Å². The van der Waals surface area contributed by atoms with Crippen LogP contribution in [0.2, 0.25) is 0 Å². The summed E-state index contributed by atoms with van der Waals surface area (Å²) in [5.74, 6) is 0.304. The first-order chi connectivity index (χ1) is 13.7. The summed E-state index contributed by atoms with van der Waals surface area (Å²) in [6.07, 6.45) is 0.810. The van der Waals surface area contributed by atoms with Crippen molar-refractivity contribution in [3.05, 3.63) is 35.9 Å². The van der Waals surface area contributed by atoms with E-state index in [0.717, 1.165) is 6.42 Å². The minimum atomic E-state index is -0.303. The van der Waals surface area contributed by atoms with E-state index in [1.165, 1.54) is 5.56 Å². The first kappa shape index (κ1) is 24.3. The van der Waals surface area contributed by atoms with Gasteiger partial charge in [-0.2, -0.15) is 0 Å². The van der Waals surface area contributed by atoms with Gasteiger partial charge in [0.05, 0.1) is 49.7 Å². The minimum Gasteiger partial charge on any atom is -0.381 e. The van der Waals surface area contributed by atoms with Gasteiger partial charge >= 0.3 is 0 Å². The van der Waals surface area contributed by atoms with Gasteiger partial charge in [0.1, 0.15) is 6.79 Å². The molecule has 0 amide bonds. The van der Waals surface area contributed by atoms with Gasteiger partial charge in [-0.1, -0.05) is 37.3 Å². The van der Waals surface area contributed by atoms with Crippen molar-refractivity contribution in [3.8, 4) is 0 Å². The normalized spacial score (nSPS) is 18.6. The molecule has 1 heterocycles. The molecular weight excluding hydrogens is 368 g/mol. The Morgan fingerprint density at radius 3 is 2.28 bits per heavy atom. The van der Waals surface area contributed by atoms with E-state index in [1.54, 1.807) is 0 Å². The zero-order valence-electron chi connectivity index (χ0n) is 19.2. The van der Waals surface area contributed by atoms with Crippen LogP contribution in [0.4, 0.5) is 0 Å². The Kier molecular flexibility index (Phi) is 9.11. The van der Waals surface area contributed by atoms with Crippen LogP contribution in [0.15, 0.2) is 30.3 Å². The predicted molar refractivity (Wildman–Crippen MR) is 115 cm³/mol. The van der Waals surface area contributed by atoms with Crippen LogP contribution in [-0.2, 0) is 23.7 Å². The van der Waals surface area contributed by atoms with E-state index in [1.807, 2.05) is 13.0 Å². The molecule has 1 aromatic rings. The Hall–Kier alpha value is -0.980. The number of hydrogen-bond donors (Lipinski definition) is 0. The topological polar surface area (TPSA) is 46.2 Å². The average Bonchev–Trinajstić information content (AvgIpc) is 2.71. The monoisotopic (exact) mass is 408 g/mol. The number of hydrogen-bond acceptors (Lipinski definition) is 5. The molecular formula is C24H40O5. The highest BCUT2D eigenvalue weighted by molar-refractivity contribution is 5.21. The molecule has 1 atom stereocenters. The molecule has 0 radical (unpaired) electrons. The second kappa shape index (κ2) is 10.9. The second-order valence-corrected chi connectivity index (χ2v) is 9.33. The van der Waals surface area contributed by atoms with E-state index in [0.29, 0.717) is 52.4 Å². The van der Waals surface area contributed by atoms with Crippen molar-refractivity contribution >= 4 is 0 Å². The quantitative estimate of drug-likeness (QED) is 0.497. The fourth-order valence-electron chi connectivity index (χ4n) is 3.39. The maximum atomic E-state index is 6.31. The van der Waals surface area contributed by atoms with Crippen LogP contribution in [0, 0.1) is 5.41 Å². The standard InChI is InChI=1S/C24H40O5/c1-7-25-15-24(16-26-19-27-17-24)18-29-22(3,4)13-14-28-23(5,6)20(2)21-11-9-8-10-12-21/h8-12,20H,7,13-19H2,1-6H3. The highest BCUT2D eigenvalue weighted by atomic mass is 16.7. The third-order valence-corrected chi connectivity index (χ3v) is 5.89. The summed E-state index contributed by atoms with van der Waals surface area (Å²) < 4.78 is 29.4. The number of rotatable bonds is 12. The summed E-state index contributed by atoms with van der Waals surface area (Å²) in [5.41, 5.74) is 0.498. The van der Waals surface area contributed by atoms with E-state index in [-0.39, 0.29) is 16.6 Å². The van der Waals surface area contributed by atoms with Crippen molar-refractivity contribution in [2.24, 2.45) is 5.41 Å². The van der Waals surface area contributed by atoms with Crippen LogP contribution in [0.3, 0.4) is 0 Å². The number of ether oxygens (including phenoxy) is 5. The molecule has 5 heteroatoms. The fourth-order valence-corrected chi connectivity index (χ4v) is 3.39. The summed E-state index contributed by atoms with van der Waals surface area (Å²) in [6, 6.07) is 10.5. The van der Waals surface area contributed by atoms with Crippen molar-refractivity contribution in [1.29, 1.82) is 0 Å². The maximum Gasteiger partial charge on any atom is 0.146 e. The average molecular weight is 409 g/mol. The van der Waals surface area contributed by atoms with Crippen LogP contribution < -0.4 is 0 Å². The fraction of sp³-hybridized carbons (Fsp3) is 0.750. The van der Waals surface area contributed by atoms with Gasteiger partial charge in [0.15, 0.2) is 0 Å². The molecule has 1 aliphatic heterocycles. The molecule has 1 saturated heterocycles. The lowest BCUT2D eigenvalue weighted by molar-refractivity contribution is -0.211. The van der Waals surface area contributed by atoms with E-state index in [9.17, 15) is 0 Å². The molecule has 0 aliphatic carbocycles. The molecule has 1 aliphatic rings. The van der Waals surface area contributed by atoms with Crippen molar-refractivity contribution in [2.75, 3.05) is 46.4 Å². The number of benzene rings is 1. The summed E-state index contributed by atoms with van der Waals surface area (Å²) in [6.45, 7) is 16.8. The van der Waals surface area contributed by atoms with Crippen LogP contribution >= 0.6 is 0 Å². The lowest BCUT2D eigenvalue weighted by atomic mass is 9.86. The molecule has 1 unspecified atom stereocenters. The lowest BCUT2D eigenvalue weighted by Crippen LogP contribution is -2.47. The van der Waals surface area contributed by atoms with Crippen molar-refractivity contribution < 1.29 is 23.7 Å². The van der Waals surface area contributed by atoms with E-state index in [2.05, 4.69) is 58.9 Å². The van der Waals surface area contributed by atoms with Crippen LogP contribution in [0.1, 0.15) is 59.4 Å². The molecule has 29 heavy (non-hydrogen) atoms. The summed E-state index contributed by atoms with van der Waals surface area (Å²) >= 11 is 0. The van der Waals surface area contributed by atoms with Crippen LogP contribution in [0.5, 0.6) is 0 Å². The van der Waals surface area contributed by atoms with Crippen LogP contribution in [0.25, 0.3) is 0 Å². The smallest absolute Gasteiger partial charge is 0.146 e.